The van der Waals surface area contributed by atoms with Gasteiger partial charge in [0, 0.05) is 46.6 Å². The Morgan fingerprint density at radius 2 is 1.86 bits per heavy atom. The molecule has 0 unspecified atom stereocenters. The molecule has 5 radical (unpaired) electrons. The number of carbonyl (C=O) groups excluding carboxylic acids is 1. The molecule has 0 saturated heterocycles. The fourth-order valence-electron chi connectivity index (χ4n) is 0. The maximum Gasteiger partial charge on any atom is 0.249 e. The van der Waals surface area contributed by atoms with Crippen molar-refractivity contribution >= 4 is 62.8 Å². The Labute approximate surface area is 79.7 Å². The van der Waals surface area contributed by atoms with Crippen LogP contribution < -0.4 is 0 Å². The second-order valence-corrected chi connectivity index (χ2v) is 1.18. The minimum absolute atomic E-state index is 0. The van der Waals surface area contributed by atoms with E-state index >= 15 is 0 Å². The molecule has 0 rings (SSSR count). The predicted octanol–water partition coefficient (Wildman–Crippen LogP) is -0.894. The van der Waals surface area contributed by atoms with Gasteiger partial charge in [-0.1, -0.05) is 6.58 Å². The van der Waals surface area contributed by atoms with Gasteiger partial charge in [-0.3, -0.25) is 0 Å². The normalized spacial score (nSPS) is 4.57. The van der Waals surface area contributed by atoms with Crippen LogP contribution in [0.1, 0.15) is 0 Å². The first-order valence-electron chi connectivity index (χ1n) is 1.19. The number of hydrogen-bond acceptors (Lipinski definition) is 1. The molecule has 1 nitrogen and oxygen atoms in total. The molecule has 0 aromatic carbocycles. The van der Waals surface area contributed by atoms with E-state index in [1.54, 1.807) is 0 Å². The van der Waals surface area contributed by atoms with Crippen molar-refractivity contribution in [3.8, 4) is 0 Å². The maximum absolute atomic E-state index is 9.66. The van der Waals surface area contributed by atoms with Crippen LogP contribution in [0.4, 0.5) is 0 Å². The summed E-state index contributed by atoms with van der Waals surface area (Å²) in [6.45, 7) is 3.19. The van der Waals surface area contributed by atoms with E-state index in [1.807, 2.05) is 16.3 Å². The van der Waals surface area contributed by atoms with Crippen LogP contribution in [0.5, 0.6) is 0 Å². The first-order valence-corrected chi connectivity index (χ1v) is 1.77. The Morgan fingerprint density at radius 1 is 1.71 bits per heavy atom. The summed E-state index contributed by atoms with van der Waals surface area (Å²) in [5, 5.41) is 0. The van der Waals surface area contributed by atoms with Crippen LogP contribution >= 0.6 is 0 Å². The number of carbonyl (C=O) groups is 1. The van der Waals surface area contributed by atoms with Gasteiger partial charge in [0.25, 0.3) is 0 Å². The molecule has 0 aromatic heterocycles. The number of allylic oxidation sites excluding steroid dienone is 1. The van der Waals surface area contributed by atoms with Crippen LogP contribution in [0.15, 0.2) is 12.7 Å². The van der Waals surface area contributed by atoms with Gasteiger partial charge in [0.15, 0.2) is 0 Å². The standard InChI is InChI=1S/C3H3O.Al.Li.Mg/c1-2-3-4;;;/h2H,1H2;;;. The molecule has 0 aliphatic carbocycles. The summed E-state index contributed by atoms with van der Waals surface area (Å²) in [5.41, 5.74) is 0. The van der Waals surface area contributed by atoms with Gasteiger partial charge >= 0.3 is 0 Å². The molecule has 0 aromatic rings. The van der Waals surface area contributed by atoms with Gasteiger partial charge in [-0.15, -0.1) is 0 Å². The summed E-state index contributed by atoms with van der Waals surface area (Å²) in [7, 11) is 0. The molecule has 0 aliphatic heterocycles. The maximum atomic E-state index is 9.66. The van der Waals surface area contributed by atoms with E-state index < -0.39 is 0 Å². The minimum Gasteiger partial charge on any atom is -0.319 e. The van der Waals surface area contributed by atoms with E-state index in [9.17, 15) is 4.79 Å². The Kier molecular flexibility index (Phi) is 23.2. The van der Waals surface area contributed by atoms with Crippen LogP contribution in [-0.4, -0.2) is 62.8 Å². The van der Waals surface area contributed by atoms with Crippen molar-refractivity contribution in [3.05, 3.63) is 12.7 Å². The second kappa shape index (κ2) is 10.3. The fourth-order valence-corrected chi connectivity index (χ4v) is 0. The van der Waals surface area contributed by atoms with Crippen molar-refractivity contribution in [2.24, 2.45) is 0 Å². The van der Waals surface area contributed by atoms with Crippen molar-refractivity contribution in [2.45, 2.75) is 0 Å². The van der Waals surface area contributed by atoms with Gasteiger partial charge in [-0.25, -0.2) is 0 Å². The van der Waals surface area contributed by atoms with Gasteiger partial charge in [0.1, 0.15) is 0 Å². The SMILES string of the molecule is C=C[C](=O)[Al].[Li].[Mg]. The molecule has 7 heavy (non-hydrogen) atoms. The second-order valence-electron chi connectivity index (χ2n) is 0.606. The monoisotopic (exact) mass is 113 g/mol. The van der Waals surface area contributed by atoms with E-state index in [2.05, 4.69) is 6.58 Å². The topological polar surface area (TPSA) is 17.1 Å². The molecule has 0 atom stereocenters. The Balaban J connectivity index is -0.0000000800. The van der Waals surface area contributed by atoms with E-state index in [-0.39, 0.29) is 46.6 Å². The van der Waals surface area contributed by atoms with Gasteiger partial charge in [-0.2, -0.15) is 0 Å². The third-order valence-electron chi connectivity index (χ3n) is 0.201. The summed E-state index contributed by atoms with van der Waals surface area (Å²) in [6.07, 6.45) is 1.24. The van der Waals surface area contributed by atoms with E-state index in [4.69, 9.17) is 0 Å². The number of rotatable bonds is 1. The van der Waals surface area contributed by atoms with Crippen molar-refractivity contribution in [2.75, 3.05) is 0 Å². The zero-order valence-electron chi connectivity index (χ0n) is 4.48. The third kappa shape index (κ3) is 18.8. The molecule has 0 aliphatic rings. The van der Waals surface area contributed by atoms with Gasteiger partial charge in [-0.05, 0) is 6.08 Å². The van der Waals surface area contributed by atoms with Gasteiger partial charge in [0.05, 0.1) is 0 Å². The molecular weight excluding hydrogens is 110 g/mol. The molecule has 0 heterocycles. The van der Waals surface area contributed by atoms with Gasteiger partial charge in [0.2, 0.25) is 16.3 Å². The van der Waals surface area contributed by atoms with E-state index in [0.717, 1.165) is 0 Å². The summed E-state index contributed by atoms with van der Waals surface area (Å²) in [5.74, 6) is 0. The molecular formula is C3H3AlLiMgO. The average Bonchev–Trinajstić information content (AvgIpc) is 1.38. The minimum atomic E-state index is -0.0648. The Hall–Kier alpha value is 1.31. The molecule has 0 spiro atoms. The van der Waals surface area contributed by atoms with E-state index in [1.165, 1.54) is 6.08 Å². The van der Waals surface area contributed by atoms with Crippen molar-refractivity contribution < 1.29 is 4.79 Å². The summed E-state index contributed by atoms with van der Waals surface area (Å²) >= 11 is 1.98. The van der Waals surface area contributed by atoms with Crippen molar-refractivity contribution in [1.82, 2.24) is 0 Å². The molecule has 0 saturated carbocycles. The first-order chi connectivity index (χ1) is 2.27. The third-order valence-corrected chi connectivity index (χ3v) is 0.437. The largest absolute Gasteiger partial charge is 0.319 e. The molecule has 0 N–H and O–H groups in total. The quantitative estimate of drug-likeness (QED) is 0.318. The summed E-state index contributed by atoms with van der Waals surface area (Å²) in [4.78, 5) is 9.66. The number of hydrogen-bond donors (Lipinski definition) is 0. The van der Waals surface area contributed by atoms with Crippen molar-refractivity contribution in [3.63, 3.8) is 0 Å². The molecule has 4 heteroatoms. The smallest absolute Gasteiger partial charge is 0.249 e. The summed E-state index contributed by atoms with van der Waals surface area (Å²) < 4.78 is -0.0648. The summed E-state index contributed by atoms with van der Waals surface area (Å²) in [6, 6.07) is 0. The Morgan fingerprint density at radius 3 is 1.86 bits per heavy atom. The molecule has 0 amide bonds. The van der Waals surface area contributed by atoms with Crippen LogP contribution in [0, 0.1) is 0 Å². The van der Waals surface area contributed by atoms with E-state index in [0.29, 0.717) is 0 Å². The Bertz CT molecular complexity index is 66.0. The zero-order chi connectivity index (χ0) is 4.28. The average molecular weight is 113 g/mol. The first kappa shape index (κ1) is 15.7. The fraction of sp³-hybridized carbons (Fsp3) is 0. The van der Waals surface area contributed by atoms with Crippen LogP contribution in [-0.2, 0) is 4.79 Å². The zero-order valence-corrected chi connectivity index (χ0v) is 7.05. The molecule has 0 bridgehead atoms. The van der Waals surface area contributed by atoms with Crippen LogP contribution in [0.2, 0.25) is 0 Å². The van der Waals surface area contributed by atoms with Crippen LogP contribution in [0.25, 0.3) is 0 Å². The van der Waals surface area contributed by atoms with Crippen molar-refractivity contribution in [1.29, 1.82) is 0 Å². The molecule has 27 valence electrons. The predicted molar refractivity (Wildman–Crippen MR) is 32.5 cm³/mol. The van der Waals surface area contributed by atoms with Crippen LogP contribution in [0.3, 0.4) is 0 Å². The molecule has 0 fully saturated rings. The van der Waals surface area contributed by atoms with Gasteiger partial charge < -0.3 is 4.79 Å².